The van der Waals surface area contributed by atoms with Crippen molar-refractivity contribution in [2.24, 2.45) is 43.3 Å². The highest BCUT2D eigenvalue weighted by Gasteiger charge is 2.46. The maximum atomic E-state index is 11.5. The number of carbonyl (C=O) groups is 1. The summed E-state index contributed by atoms with van der Waals surface area (Å²) in [7, 11) is -2.05. The van der Waals surface area contributed by atoms with Crippen molar-refractivity contribution >= 4 is 27.2 Å². The van der Waals surface area contributed by atoms with Crippen LogP contribution in [0.15, 0.2) is 206 Å². The third-order valence-electron chi connectivity index (χ3n) is 17.6. The zero-order valence-corrected chi connectivity index (χ0v) is 87.8. The summed E-state index contributed by atoms with van der Waals surface area (Å²) in [6.07, 6.45) is 17.4. The summed E-state index contributed by atoms with van der Waals surface area (Å²) in [6, 6.07) is 67.7. The molecule has 0 bridgehead atoms. The summed E-state index contributed by atoms with van der Waals surface area (Å²) in [6.45, 7) is 82.5. The number of benzene rings is 8. The second kappa shape index (κ2) is 56.9. The zero-order valence-electron chi connectivity index (χ0n) is 87.0. The average Bonchev–Trinajstić information content (AvgIpc) is 1.60. The van der Waals surface area contributed by atoms with Gasteiger partial charge in [-0.15, -0.1) is 0 Å². The highest BCUT2D eigenvalue weighted by Crippen LogP contribution is 2.55. The quantitative estimate of drug-likeness (QED) is 0.0838. The third kappa shape index (κ3) is 65.6. The molecule has 127 heavy (non-hydrogen) atoms. The van der Waals surface area contributed by atoms with Crippen LogP contribution in [0.1, 0.15) is 351 Å². The highest BCUT2D eigenvalue weighted by molar-refractivity contribution is 7.97. The Labute approximate surface area is 782 Å². The van der Waals surface area contributed by atoms with Crippen molar-refractivity contribution in [2.75, 3.05) is 25.0 Å². The lowest BCUT2D eigenvalue weighted by molar-refractivity contribution is -0.116. The predicted octanol–water partition coefficient (Wildman–Crippen LogP) is 30.6. The first-order valence-electron chi connectivity index (χ1n) is 47.8. The molecule has 1 unspecified atom stereocenters. The lowest BCUT2D eigenvalue weighted by atomic mass is 9.80. The molecule has 6 aliphatic heterocycles. The Morgan fingerprint density at radius 2 is 0.638 bits per heavy atom. The lowest BCUT2D eigenvalue weighted by Crippen LogP contribution is -2.29. The molecule has 0 radical (unpaired) electrons. The minimum atomic E-state index is -2.05. The Balaban J connectivity index is 0.000000465. The van der Waals surface area contributed by atoms with Crippen molar-refractivity contribution < 1.29 is 13.7 Å². The molecule has 8 aromatic carbocycles. The van der Waals surface area contributed by atoms with Crippen molar-refractivity contribution in [3.63, 3.8) is 0 Å². The average molecular weight is 1760 g/mol. The second-order valence-corrected chi connectivity index (χ2v) is 50.2. The van der Waals surface area contributed by atoms with E-state index >= 15 is 0 Å². The molecule has 1 saturated carbocycles. The van der Waals surface area contributed by atoms with E-state index in [0.29, 0.717) is 67.5 Å². The van der Waals surface area contributed by atoms with Crippen LogP contribution in [0, 0.1) is 43.3 Å². The van der Waals surface area contributed by atoms with Crippen molar-refractivity contribution in [3.8, 4) is 5.75 Å². The summed E-state index contributed by atoms with van der Waals surface area (Å²) in [5.41, 5.74) is 26.9. The Morgan fingerprint density at radius 3 is 1.09 bits per heavy atom. The molecule has 6 heterocycles. The van der Waals surface area contributed by atoms with Gasteiger partial charge in [-0.2, -0.15) is 0 Å². The van der Waals surface area contributed by atoms with Crippen LogP contribution < -0.4 is 36.0 Å². The number of hydrogen-bond donors (Lipinski definition) is 6. The maximum absolute atomic E-state index is 11.5. The molecule has 1 amide bonds. The van der Waals surface area contributed by atoms with Gasteiger partial charge in [-0.1, -0.05) is 410 Å². The molecule has 708 valence electrons. The molecule has 1 atom stereocenters. The number of aryl methyl sites for hydroxylation is 5. The second-order valence-electron chi connectivity index (χ2n) is 48.0. The van der Waals surface area contributed by atoms with Gasteiger partial charge in [0.05, 0.1) is 5.75 Å². The molecular formula is C117H186N6O3S. The first kappa shape index (κ1) is 115. The molecule has 9 aliphatic rings. The van der Waals surface area contributed by atoms with Crippen molar-refractivity contribution in [1.82, 2.24) is 26.0 Å². The Hall–Kier alpha value is -7.57. The Morgan fingerprint density at radius 1 is 0.315 bits per heavy atom. The third-order valence-corrected chi connectivity index (χ3v) is 19.1. The van der Waals surface area contributed by atoms with Crippen molar-refractivity contribution in [1.29, 1.82) is 0 Å². The molecule has 0 saturated heterocycles. The number of fused-ring (bicyclic) bond motifs is 9. The van der Waals surface area contributed by atoms with Gasteiger partial charge >= 0.3 is 0 Å². The molecule has 3 aliphatic carbocycles. The molecule has 9 nitrogen and oxygen atoms in total. The van der Waals surface area contributed by atoms with E-state index in [4.69, 9.17) is 4.74 Å². The minimum Gasteiger partial charge on any atom is -0.492 e. The number of allylic oxidation sites excluding steroid dienone is 1. The Bertz CT molecular complexity index is 4080. The van der Waals surface area contributed by atoms with E-state index in [-0.39, 0.29) is 5.91 Å². The molecule has 10 heteroatoms. The molecule has 0 aromatic heterocycles. The molecule has 1 spiro atoms. The fraction of sp³-hybridized carbons (Fsp3) is 0.556. The van der Waals surface area contributed by atoms with Crippen LogP contribution in [0.4, 0.5) is 5.69 Å². The molecular weight excluding hydrogens is 1570 g/mol. The lowest BCUT2D eigenvalue weighted by Gasteiger charge is -2.24. The largest absolute Gasteiger partial charge is 0.492 e. The number of nitrogens with one attached hydrogen (secondary N) is 6. The number of ether oxygens (including phenoxy) is 1. The normalized spacial score (nSPS) is 16.6. The topological polar surface area (TPSA) is 116 Å². The summed E-state index contributed by atoms with van der Waals surface area (Å²) in [4.78, 5) is 10.9. The molecule has 1 fully saturated rings. The molecule has 6 N–H and O–H groups in total. The van der Waals surface area contributed by atoms with Crippen LogP contribution in [0.2, 0.25) is 0 Å². The van der Waals surface area contributed by atoms with Crippen LogP contribution >= 0.6 is 0 Å². The van der Waals surface area contributed by atoms with Crippen LogP contribution in [0.3, 0.4) is 0 Å². The predicted molar refractivity (Wildman–Crippen MR) is 563 cm³/mol. The van der Waals surface area contributed by atoms with E-state index < -0.39 is 9.71 Å². The van der Waals surface area contributed by atoms with E-state index in [2.05, 4.69) is 405 Å². The summed E-state index contributed by atoms with van der Waals surface area (Å²) < 4.78 is 20.0. The summed E-state index contributed by atoms with van der Waals surface area (Å²) in [5, 5.41) is 16.0. The van der Waals surface area contributed by atoms with Gasteiger partial charge in [0.2, 0.25) is 5.91 Å². The van der Waals surface area contributed by atoms with Crippen molar-refractivity contribution in [3.05, 3.63) is 284 Å². The van der Waals surface area contributed by atoms with Crippen LogP contribution in [-0.4, -0.2) is 35.7 Å². The molecule has 8 aromatic rings. The van der Waals surface area contributed by atoms with Gasteiger partial charge in [0.15, 0.2) is 0 Å². The van der Waals surface area contributed by atoms with Gasteiger partial charge in [-0.3, -0.25) is 9.00 Å². The van der Waals surface area contributed by atoms with Crippen LogP contribution in [-0.2, 0) is 103 Å². The number of anilines is 1. The SMILES string of the molecule is C=C1Cc2ccccc2CN1.C=S1(=O)Cc2ccccc2CN1.CC(C)(C)C.CC(C)(C)C.CC(C)(C)C.CC(C)(C)C.CC(C)(C)C.CC(C)(C)C.CC(C)(C)C.CC(C)(C)C.O=C1CCc2ccccc2N1.c1ccc2c(c1)CCCC2.c1ccc2c(c1)CCCC21CC1.c1ccc2c(c1)CCCNC2.c1ccc2c(c1)CNC2.c1ccc2c(c1)CNCCO2. The number of para-hydroxylation sites is 2. The van der Waals surface area contributed by atoms with E-state index in [9.17, 15) is 9.00 Å². The number of carbonyl (C=O) groups excluding carboxylic acids is 1. The van der Waals surface area contributed by atoms with E-state index in [1.165, 1.54) is 121 Å². The van der Waals surface area contributed by atoms with E-state index in [1.807, 2.05) is 54.6 Å². The van der Waals surface area contributed by atoms with Gasteiger partial charge in [-0.05, 0) is 223 Å². The van der Waals surface area contributed by atoms with Gasteiger partial charge < -0.3 is 31.3 Å². The van der Waals surface area contributed by atoms with E-state index in [0.717, 1.165) is 88.0 Å². The highest BCUT2D eigenvalue weighted by atomic mass is 32.2. The Kier molecular flexibility index (Phi) is 51.7. The van der Waals surface area contributed by atoms with Crippen molar-refractivity contribution in [2.45, 2.75) is 362 Å². The molecule has 17 rings (SSSR count). The number of rotatable bonds is 0. The van der Waals surface area contributed by atoms with Gasteiger partial charge in [0, 0.05) is 85.3 Å². The first-order chi connectivity index (χ1) is 58.7. The van der Waals surface area contributed by atoms with Gasteiger partial charge in [0.25, 0.3) is 0 Å². The van der Waals surface area contributed by atoms with Gasteiger partial charge in [0.1, 0.15) is 12.4 Å². The zero-order chi connectivity index (χ0) is 95.9. The fourth-order valence-corrected chi connectivity index (χ4v) is 13.9. The minimum absolute atomic E-state index is 0.128. The smallest absolute Gasteiger partial charge is 0.224 e. The van der Waals surface area contributed by atoms with Gasteiger partial charge in [-0.25, -0.2) is 4.72 Å². The van der Waals surface area contributed by atoms with Crippen LogP contribution in [0.5, 0.6) is 5.75 Å². The van der Waals surface area contributed by atoms with Crippen LogP contribution in [0.25, 0.3) is 0 Å². The fourth-order valence-electron chi connectivity index (χ4n) is 12.6. The summed E-state index contributed by atoms with van der Waals surface area (Å²) in [5.74, 6) is 5.36. The number of amides is 1. The standard InChI is InChI=1S/C12H14.C10H11N.C10H13N.C10H12.C9H11NOS.C9H11NO.C9H9NO.C8H9N.8C5H12/c1-2-6-11-10(4-1)5-3-7-12(11)8-9-12;1-8-6-9-4-2-3-5-10(9)7-11-8;1-2-5-10-8-11-7-3-6-9(10)4-1;1-2-6-10-8-4-3-7-9(10)5-1;1-12(11)7-9-5-3-2-4-8(9)6-10-12;1-2-4-9-8(3-1)7-10-5-6-11-9;11-9-6-5-7-3-1-2-4-8(7)10-9;1-2-4-8-6-9-5-7(8)3-1;8*1-5(2,3)4/h1-2,4,6H,3,5,7-9H2;2-5,11H,1,6-7H2;1-2,4-5,11H,3,6-8H2;1-2,5-6H,3-4,7-8H2;2-5H,1,6-7H2,(H,10,11);1-4,10H,5-7H2;1-4H,5-6H2,(H,10,11);1-4,9H,5-6H2;8*1-4H3. The van der Waals surface area contributed by atoms with E-state index in [1.54, 1.807) is 22.3 Å². The first-order valence-corrected chi connectivity index (χ1v) is 49.7. The number of hydrogen-bond acceptors (Lipinski definition) is 7. The summed E-state index contributed by atoms with van der Waals surface area (Å²) >= 11 is 0. The monoisotopic (exact) mass is 1760 g/mol. The maximum Gasteiger partial charge on any atom is 0.224 e.